The molecule has 0 amide bonds. The van der Waals surface area contributed by atoms with Gasteiger partial charge >= 0.3 is 17.1 Å². The normalized spacial score (nSPS) is 11.9. The van der Waals surface area contributed by atoms with Crippen LogP contribution in [-0.2, 0) is 114 Å². The van der Waals surface area contributed by atoms with Crippen LogP contribution in [-0.4, -0.2) is 273 Å². The molecule has 8 bridgehead atoms. The summed E-state index contributed by atoms with van der Waals surface area (Å²) in [5.41, 5.74) is 12.1. The maximum atomic E-state index is 6.59. The summed E-state index contributed by atoms with van der Waals surface area (Å²) in [6.07, 6.45) is 18.4. The Labute approximate surface area is 676 Å². The quantitative estimate of drug-likeness (QED) is 0.0298. The van der Waals surface area contributed by atoms with Crippen LogP contribution in [0.1, 0.15) is 86.6 Å². The Bertz CT molecular complexity index is 3190. The van der Waals surface area contributed by atoms with Crippen molar-refractivity contribution in [1.29, 1.82) is 0 Å². The second-order valence-electron chi connectivity index (χ2n) is 26.1. The zero-order valence-corrected chi connectivity index (χ0v) is 68.4. The Balaban J connectivity index is 0.00000851. The largest absolute Gasteiger partial charge is 2.00 e. The number of nitrogens with one attached hydrogen (secondary N) is 2. The van der Waals surface area contributed by atoms with Gasteiger partial charge in [0.2, 0.25) is 0 Å². The van der Waals surface area contributed by atoms with E-state index in [-0.39, 0.29) is 59.6 Å². The van der Waals surface area contributed by atoms with Gasteiger partial charge in [0.25, 0.3) is 0 Å². The molecular formula is C83H124Cl2MnN4O20. The molecule has 0 aliphatic carbocycles. The van der Waals surface area contributed by atoms with Crippen molar-refractivity contribution in [2.75, 3.05) is 253 Å². The van der Waals surface area contributed by atoms with E-state index in [2.05, 4.69) is 126 Å². The third-order valence-corrected chi connectivity index (χ3v) is 17.2. The third-order valence-electron chi connectivity index (χ3n) is 17.2. The number of hydrogen-bond acceptors (Lipinski definition) is 22. The number of aromatic amines is 2. The van der Waals surface area contributed by atoms with Crippen LogP contribution in [0.3, 0.4) is 0 Å². The van der Waals surface area contributed by atoms with E-state index in [9.17, 15) is 0 Å². The van der Waals surface area contributed by atoms with Gasteiger partial charge in [0.1, 0.15) is 5.75 Å². The van der Waals surface area contributed by atoms with Crippen LogP contribution in [0.4, 0.5) is 0 Å². The zero-order valence-electron chi connectivity index (χ0n) is 65.7. The minimum absolute atomic E-state index is 0. The SMILES string of the molecule is CCCCCCCCCCOc1ccc(-c2c3nc(cc4ccc([nH]4)c(-c4ccc(COCC(COCC(COCCOCCOCCOC)COCCOCCOCCOC)COCC(COCCOCCOCCOC)COCCOCCOCCOC)cc4)c4nc(cc5ccc2[nH]5)C=C4)C=C3)cc1.[Cl-].[Cl-].[Mn+2]. The van der Waals surface area contributed by atoms with E-state index in [4.69, 9.17) is 105 Å². The molecule has 0 spiro atoms. The van der Waals surface area contributed by atoms with Crippen molar-refractivity contribution in [3.05, 3.63) is 113 Å². The van der Waals surface area contributed by atoms with Crippen LogP contribution in [0.2, 0.25) is 0 Å². The van der Waals surface area contributed by atoms with Gasteiger partial charge in [0.15, 0.2) is 0 Å². The molecule has 3 aromatic heterocycles. The van der Waals surface area contributed by atoms with E-state index in [1.807, 2.05) is 0 Å². The predicted molar refractivity (Wildman–Crippen MR) is 417 cm³/mol. The molecule has 0 fully saturated rings. The first-order valence-electron chi connectivity index (χ1n) is 38.5. The number of hydrogen-bond donors (Lipinski definition) is 2. The first-order valence-corrected chi connectivity index (χ1v) is 38.5. The molecule has 5 aromatic rings. The van der Waals surface area contributed by atoms with Crippen LogP contribution in [0.5, 0.6) is 5.75 Å². The molecule has 2 aromatic carbocycles. The number of ether oxygens (including phenoxy) is 20. The summed E-state index contributed by atoms with van der Waals surface area (Å²) in [6, 6.07) is 29.5. The van der Waals surface area contributed by atoms with Gasteiger partial charge in [0.05, 0.1) is 254 Å². The minimum atomic E-state index is -0.153. The summed E-state index contributed by atoms with van der Waals surface area (Å²) >= 11 is 0. The van der Waals surface area contributed by atoms with Crippen molar-refractivity contribution in [1.82, 2.24) is 19.9 Å². The molecule has 7 rings (SSSR count). The molecule has 617 valence electrons. The number of aromatic nitrogens is 4. The number of unbranched alkanes of at least 4 members (excludes halogenated alkanes) is 7. The molecule has 0 saturated carbocycles. The smallest absolute Gasteiger partial charge is 1.00 e. The van der Waals surface area contributed by atoms with E-state index < -0.39 is 0 Å². The van der Waals surface area contributed by atoms with Crippen LogP contribution in [0.15, 0.2) is 84.9 Å². The average Bonchev–Trinajstić information content (AvgIpc) is 1.63. The van der Waals surface area contributed by atoms with E-state index in [1.165, 1.54) is 44.9 Å². The zero-order chi connectivity index (χ0) is 74.9. The summed E-state index contributed by atoms with van der Waals surface area (Å²) < 4.78 is 116. The molecule has 0 atom stereocenters. The van der Waals surface area contributed by atoms with Crippen molar-refractivity contribution in [3.63, 3.8) is 0 Å². The molecular weight excluding hydrogens is 1500 g/mol. The molecule has 2 aliphatic heterocycles. The Morgan fingerprint density at radius 3 is 0.973 bits per heavy atom. The second-order valence-corrected chi connectivity index (χ2v) is 26.1. The molecule has 5 heterocycles. The summed E-state index contributed by atoms with van der Waals surface area (Å²) in [4.78, 5) is 17.8. The monoisotopic (exact) mass is 1620 g/mol. The Hall–Kier alpha value is -4.82. The summed E-state index contributed by atoms with van der Waals surface area (Å²) in [7, 11) is 6.59. The minimum Gasteiger partial charge on any atom is -1.00 e. The van der Waals surface area contributed by atoms with E-state index >= 15 is 0 Å². The van der Waals surface area contributed by atoms with Crippen molar-refractivity contribution < 1.29 is 137 Å². The first kappa shape index (κ1) is 97.5. The fourth-order valence-electron chi connectivity index (χ4n) is 11.5. The number of benzene rings is 2. The van der Waals surface area contributed by atoms with Crippen LogP contribution >= 0.6 is 0 Å². The van der Waals surface area contributed by atoms with Crippen LogP contribution in [0.25, 0.3) is 68.6 Å². The molecule has 0 unspecified atom stereocenters. The van der Waals surface area contributed by atoms with Gasteiger partial charge in [-0.2, -0.15) is 0 Å². The number of nitrogens with zero attached hydrogens (tertiary/aromatic N) is 2. The summed E-state index contributed by atoms with van der Waals surface area (Å²) in [6.45, 7) is 18.0. The fraction of sp³-hybridized carbons (Fsp3) is 0.614. The molecule has 0 saturated heterocycles. The summed E-state index contributed by atoms with van der Waals surface area (Å²) in [5, 5.41) is 0. The number of methoxy groups -OCH3 is 4. The second kappa shape index (κ2) is 64.5. The van der Waals surface area contributed by atoms with Gasteiger partial charge in [-0.05, 0) is 95.9 Å². The van der Waals surface area contributed by atoms with Gasteiger partial charge in [-0.3, -0.25) is 0 Å². The van der Waals surface area contributed by atoms with Gasteiger partial charge in [0, 0.05) is 79.4 Å². The molecule has 2 aliphatic rings. The molecule has 110 heavy (non-hydrogen) atoms. The molecule has 2 N–H and O–H groups in total. The van der Waals surface area contributed by atoms with E-state index in [1.54, 1.807) is 28.4 Å². The molecule has 27 heteroatoms. The number of fused-ring (bicyclic) bond motifs is 8. The Morgan fingerprint density at radius 2 is 0.618 bits per heavy atom. The van der Waals surface area contributed by atoms with Crippen molar-refractivity contribution in [2.45, 2.75) is 64.9 Å². The third kappa shape index (κ3) is 42.0. The van der Waals surface area contributed by atoms with Crippen molar-refractivity contribution in [3.8, 4) is 28.0 Å². The Morgan fingerprint density at radius 1 is 0.309 bits per heavy atom. The van der Waals surface area contributed by atoms with E-state index in [0.29, 0.717) is 231 Å². The van der Waals surface area contributed by atoms with Gasteiger partial charge in [-0.15, -0.1) is 0 Å². The molecule has 1 radical (unpaired) electrons. The summed E-state index contributed by atoms with van der Waals surface area (Å²) in [5.74, 6) is 0.542. The standard InChI is InChI=1S/C83H124N4O20.2ClH.Mn/c1-6-7-8-9-10-11-12-13-30-107-77-24-18-72(19-25-77)83-80-28-22-75(86-80)55-73-20-26-78(84-73)82(79-27-21-74(85-79)56-76-23-29-81(83)87-76)71-16-14-67(15-17-71)57-104-64-70(65-105-62-68(58-100-51-47-96-43-39-92-35-31-88-2)59-101-52-48-97-44-40-93-36-32-89-3)66-106-63-69(60-102-53-49-98-45-41-94-37-33-90-4)61-103-54-50-99-46-42-95-38-34-91-5;;;/h14-29,55-56,68-70,84,87H,6-13,30-54,57-66H2,1-5H3;2*1H;/q;;;+2/p-2. The number of rotatable bonds is 68. The number of H-pyrrole nitrogens is 2. The number of halogens is 2. The van der Waals surface area contributed by atoms with Crippen LogP contribution in [0, 0.1) is 17.8 Å². The van der Waals surface area contributed by atoms with Crippen molar-refractivity contribution in [2.24, 2.45) is 17.8 Å². The maximum absolute atomic E-state index is 6.59. The maximum Gasteiger partial charge on any atom is 2.00 e. The van der Waals surface area contributed by atoms with Gasteiger partial charge in [-0.1, -0.05) is 88.3 Å². The fourth-order valence-corrected chi connectivity index (χ4v) is 11.5. The van der Waals surface area contributed by atoms with Crippen molar-refractivity contribution >= 4 is 46.4 Å². The Kier molecular flexibility index (Phi) is 57.2. The van der Waals surface area contributed by atoms with E-state index in [0.717, 1.165) is 84.8 Å². The first-order chi connectivity index (χ1) is 53.0. The van der Waals surface area contributed by atoms with Gasteiger partial charge < -0.3 is 130 Å². The molecule has 24 nitrogen and oxygen atoms in total. The van der Waals surface area contributed by atoms with Gasteiger partial charge in [-0.25, -0.2) is 9.97 Å². The predicted octanol–water partition coefficient (Wildman–Crippen LogP) is 6.70. The van der Waals surface area contributed by atoms with Crippen LogP contribution < -0.4 is 29.6 Å². The topological polar surface area (TPSA) is 242 Å². The average molecular weight is 1620 g/mol.